The summed E-state index contributed by atoms with van der Waals surface area (Å²) in [5, 5.41) is 4.29. The van der Waals surface area contributed by atoms with Gasteiger partial charge in [0, 0.05) is 49.4 Å². The number of nitrogens with zero attached hydrogens (tertiary/aromatic N) is 5. The lowest BCUT2D eigenvalue weighted by atomic mass is 9.93. The van der Waals surface area contributed by atoms with E-state index < -0.39 is 0 Å². The van der Waals surface area contributed by atoms with Crippen LogP contribution in [0, 0.1) is 6.92 Å². The largest absolute Gasteiger partial charge is 0.437 e. The summed E-state index contributed by atoms with van der Waals surface area (Å²) in [7, 11) is 0. The molecule has 0 spiro atoms. The molecule has 7 nitrogen and oxygen atoms in total. The number of aryl methyl sites for hydroxylation is 1. The zero-order valence-corrected chi connectivity index (χ0v) is 19.2. The van der Waals surface area contributed by atoms with E-state index in [1.165, 1.54) is 0 Å². The zero-order chi connectivity index (χ0) is 23.3. The molecule has 1 atom stereocenters. The van der Waals surface area contributed by atoms with Crippen LogP contribution in [0.15, 0.2) is 79.4 Å². The van der Waals surface area contributed by atoms with Gasteiger partial charge in [0.15, 0.2) is 0 Å². The van der Waals surface area contributed by atoms with Crippen LogP contribution in [0.5, 0.6) is 11.6 Å². The average molecular weight is 454 g/mol. The van der Waals surface area contributed by atoms with Gasteiger partial charge in [-0.2, -0.15) is 5.10 Å². The number of amides is 1. The van der Waals surface area contributed by atoms with E-state index in [-0.39, 0.29) is 11.8 Å². The molecule has 2 aromatic carbocycles. The highest BCUT2D eigenvalue weighted by molar-refractivity contribution is 5.95. The maximum absolute atomic E-state index is 13.6. The molecule has 1 fully saturated rings. The maximum atomic E-state index is 13.6. The van der Waals surface area contributed by atoms with Crippen molar-refractivity contribution in [3.05, 3.63) is 102 Å². The predicted octanol–water partition coefficient (Wildman–Crippen LogP) is 4.84. The van der Waals surface area contributed by atoms with Crippen molar-refractivity contribution in [2.45, 2.75) is 32.2 Å². The van der Waals surface area contributed by atoms with E-state index in [1.807, 2.05) is 77.3 Å². The molecule has 0 aliphatic carbocycles. The van der Waals surface area contributed by atoms with Crippen molar-refractivity contribution < 1.29 is 9.53 Å². The van der Waals surface area contributed by atoms with Crippen LogP contribution in [0.2, 0.25) is 0 Å². The lowest BCUT2D eigenvalue weighted by molar-refractivity contribution is 0.0703. The molecule has 1 aliphatic rings. The molecule has 0 N–H and O–H groups in total. The Hall–Kier alpha value is -4.00. The first-order valence-corrected chi connectivity index (χ1v) is 11.6. The minimum atomic E-state index is 0.0394. The Morgan fingerprint density at radius 3 is 2.79 bits per heavy atom. The Balaban J connectivity index is 1.36. The smallest absolute Gasteiger partial charge is 0.254 e. The third kappa shape index (κ3) is 4.83. The second-order valence-corrected chi connectivity index (χ2v) is 8.62. The van der Waals surface area contributed by atoms with Gasteiger partial charge in [0.2, 0.25) is 5.88 Å². The Labute approximate surface area is 199 Å². The second-order valence-electron chi connectivity index (χ2n) is 8.62. The number of aromatic nitrogens is 4. The van der Waals surface area contributed by atoms with E-state index in [4.69, 9.17) is 4.74 Å². The summed E-state index contributed by atoms with van der Waals surface area (Å²) < 4.78 is 7.95. The van der Waals surface area contributed by atoms with Gasteiger partial charge in [-0.25, -0.2) is 4.98 Å². The summed E-state index contributed by atoms with van der Waals surface area (Å²) in [6.07, 6.45) is 8.82. The molecule has 7 heteroatoms. The van der Waals surface area contributed by atoms with Gasteiger partial charge >= 0.3 is 0 Å². The molecule has 1 unspecified atom stereocenters. The predicted molar refractivity (Wildman–Crippen MR) is 129 cm³/mol. The van der Waals surface area contributed by atoms with Crippen LogP contribution in [0.3, 0.4) is 0 Å². The number of carbonyl (C=O) groups is 1. The van der Waals surface area contributed by atoms with Crippen LogP contribution < -0.4 is 4.74 Å². The molecule has 172 valence electrons. The molecule has 4 aromatic rings. The summed E-state index contributed by atoms with van der Waals surface area (Å²) in [6, 6.07) is 17.5. The Kier molecular flexibility index (Phi) is 6.33. The quantitative estimate of drug-likeness (QED) is 0.418. The lowest BCUT2D eigenvalue weighted by Crippen LogP contribution is -2.39. The minimum Gasteiger partial charge on any atom is -0.437 e. The molecule has 0 bridgehead atoms. The summed E-state index contributed by atoms with van der Waals surface area (Å²) in [6.45, 7) is 3.89. The van der Waals surface area contributed by atoms with Gasteiger partial charge < -0.3 is 9.64 Å². The van der Waals surface area contributed by atoms with E-state index >= 15 is 0 Å². The SMILES string of the molecule is Cc1cccc(Oc2nccnc2C2CCCN(C(=O)c3ccccc3Cn3cccn3)C2)c1. The molecule has 1 amide bonds. The van der Waals surface area contributed by atoms with Gasteiger partial charge in [-0.15, -0.1) is 0 Å². The normalized spacial score (nSPS) is 15.8. The molecule has 3 heterocycles. The second kappa shape index (κ2) is 9.87. The highest BCUT2D eigenvalue weighted by Gasteiger charge is 2.29. The van der Waals surface area contributed by atoms with Crippen molar-refractivity contribution in [3.63, 3.8) is 0 Å². The molecule has 2 aromatic heterocycles. The summed E-state index contributed by atoms with van der Waals surface area (Å²) in [4.78, 5) is 24.6. The summed E-state index contributed by atoms with van der Waals surface area (Å²) in [5.41, 5.74) is 3.59. The maximum Gasteiger partial charge on any atom is 0.254 e. The van der Waals surface area contributed by atoms with Crippen molar-refractivity contribution in [3.8, 4) is 11.6 Å². The van der Waals surface area contributed by atoms with Crippen LogP contribution in [-0.2, 0) is 6.54 Å². The molecule has 0 radical (unpaired) electrons. The zero-order valence-electron chi connectivity index (χ0n) is 19.2. The van der Waals surface area contributed by atoms with Gasteiger partial charge in [0.25, 0.3) is 5.91 Å². The van der Waals surface area contributed by atoms with E-state index in [1.54, 1.807) is 18.6 Å². The number of hydrogen-bond acceptors (Lipinski definition) is 5. The standard InChI is InChI=1S/C27H27N5O2/c1-20-7-4-10-23(17-20)34-26-25(28-13-14-29-26)22-9-5-15-31(18-22)27(33)24-11-3-2-8-21(24)19-32-16-6-12-30-32/h2-4,6-8,10-14,16-17,22H,5,9,15,18-19H2,1H3. The fraction of sp³-hybridized carbons (Fsp3) is 0.259. The van der Waals surface area contributed by atoms with Gasteiger partial charge in [0.05, 0.1) is 6.54 Å². The number of carbonyl (C=O) groups excluding carboxylic acids is 1. The summed E-state index contributed by atoms with van der Waals surface area (Å²) >= 11 is 0. The van der Waals surface area contributed by atoms with Crippen LogP contribution in [0.4, 0.5) is 0 Å². The fourth-order valence-corrected chi connectivity index (χ4v) is 4.48. The fourth-order valence-electron chi connectivity index (χ4n) is 4.48. The van der Waals surface area contributed by atoms with Crippen molar-refractivity contribution in [1.29, 1.82) is 0 Å². The van der Waals surface area contributed by atoms with Gasteiger partial charge in [-0.1, -0.05) is 30.3 Å². The number of piperidine rings is 1. The molecular weight excluding hydrogens is 426 g/mol. The first-order chi connectivity index (χ1) is 16.7. The lowest BCUT2D eigenvalue weighted by Gasteiger charge is -2.33. The highest BCUT2D eigenvalue weighted by Crippen LogP contribution is 2.33. The number of likely N-dealkylation sites (tertiary alicyclic amines) is 1. The number of ether oxygens (including phenoxy) is 1. The Morgan fingerprint density at radius 1 is 1.06 bits per heavy atom. The Bertz CT molecular complexity index is 1270. The third-order valence-electron chi connectivity index (χ3n) is 6.13. The van der Waals surface area contributed by atoms with E-state index in [2.05, 4.69) is 15.1 Å². The number of benzene rings is 2. The molecule has 1 aliphatic heterocycles. The van der Waals surface area contributed by atoms with Crippen LogP contribution in [-0.4, -0.2) is 43.6 Å². The number of hydrogen-bond donors (Lipinski definition) is 0. The van der Waals surface area contributed by atoms with Crippen LogP contribution in [0.25, 0.3) is 0 Å². The highest BCUT2D eigenvalue weighted by atomic mass is 16.5. The van der Waals surface area contributed by atoms with Crippen LogP contribution >= 0.6 is 0 Å². The number of rotatable bonds is 6. The van der Waals surface area contributed by atoms with E-state index in [0.717, 1.165) is 42.0 Å². The molecule has 0 saturated carbocycles. The van der Waals surface area contributed by atoms with Crippen molar-refractivity contribution >= 4 is 5.91 Å². The van der Waals surface area contributed by atoms with Gasteiger partial charge in [-0.05, 0) is 55.2 Å². The monoisotopic (exact) mass is 453 g/mol. The molecule has 1 saturated heterocycles. The van der Waals surface area contributed by atoms with Gasteiger partial charge in [-0.3, -0.25) is 14.5 Å². The molecular formula is C27H27N5O2. The van der Waals surface area contributed by atoms with Crippen molar-refractivity contribution in [1.82, 2.24) is 24.6 Å². The first kappa shape index (κ1) is 21.8. The van der Waals surface area contributed by atoms with Crippen LogP contribution in [0.1, 0.15) is 45.9 Å². The van der Waals surface area contributed by atoms with Crippen molar-refractivity contribution in [2.24, 2.45) is 0 Å². The van der Waals surface area contributed by atoms with Crippen molar-refractivity contribution in [2.75, 3.05) is 13.1 Å². The van der Waals surface area contributed by atoms with E-state index in [9.17, 15) is 4.79 Å². The molecule has 34 heavy (non-hydrogen) atoms. The summed E-state index contributed by atoms with van der Waals surface area (Å²) in [5.74, 6) is 1.34. The minimum absolute atomic E-state index is 0.0394. The van der Waals surface area contributed by atoms with E-state index in [0.29, 0.717) is 24.5 Å². The average Bonchev–Trinajstić information content (AvgIpc) is 3.38. The first-order valence-electron chi connectivity index (χ1n) is 11.6. The van der Waals surface area contributed by atoms with Gasteiger partial charge in [0.1, 0.15) is 11.4 Å². The third-order valence-corrected chi connectivity index (χ3v) is 6.13. The topological polar surface area (TPSA) is 73.1 Å². The molecule has 5 rings (SSSR count). The Morgan fingerprint density at radius 2 is 1.94 bits per heavy atom.